The van der Waals surface area contributed by atoms with Crippen molar-refractivity contribution in [2.75, 3.05) is 6.16 Å². The van der Waals surface area contributed by atoms with Gasteiger partial charge >= 0.3 is 7.60 Å². The Morgan fingerprint density at radius 2 is 2.19 bits per heavy atom. The first-order valence-electron chi connectivity index (χ1n) is 6.27. The number of aromatic nitrogens is 3. The smallest absolute Gasteiger partial charge is 0.326 e. The van der Waals surface area contributed by atoms with Crippen LogP contribution in [0.25, 0.3) is 0 Å². The fraction of sp³-hybridized carbons (Fsp3) is 0.700. The van der Waals surface area contributed by atoms with Gasteiger partial charge in [0.2, 0.25) is 5.82 Å². The van der Waals surface area contributed by atoms with E-state index in [0.29, 0.717) is 6.42 Å². The lowest BCUT2D eigenvalue weighted by molar-refractivity contribution is -0.0161. The second-order valence-corrected chi connectivity index (χ2v) is 7.35. The molecule has 2 fully saturated rings. The zero-order valence-electron chi connectivity index (χ0n) is 10.8. The van der Waals surface area contributed by atoms with Crippen LogP contribution in [-0.2, 0) is 4.57 Å². The molecule has 1 amide bonds. The van der Waals surface area contributed by atoms with Crippen molar-refractivity contribution < 1.29 is 29.4 Å². The minimum absolute atomic E-state index is 0.218. The van der Waals surface area contributed by atoms with Gasteiger partial charge in [-0.1, -0.05) is 0 Å². The maximum Gasteiger partial charge on any atom is 0.326 e. The van der Waals surface area contributed by atoms with Gasteiger partial charge in [0.25, 0.3) is 5.91 Å². The number of nitrogens with two attached hydrogens (primary N) is 1. The van der Waals surface area contributed by atoms with Crippen LogP contribution in [-0.4, -0.2) is 59.0 Å². The number of aliphatic hydroxyl groups excluding tert-OH is 2. The molecule has 6 N–H and O–H groups in total. The Labute approximate surface area is 118 Å². The first kappa shape index (κ1) is 14.6. The summed E-state index contributed by atoms with van der Waals surface area (Å²) in [6.07, 6.45) is -1.41. The van der Waals surface area contributed by atoms with Crippen molar-refractivity contribution in [3.05, 3.63) is 12.2 Å². The van der Waals surface area contributed by atoms with Gasteiger partial charge in [-0.3, -0.25) is 9.36 Å². The summed E-state index contributed by atoms with van der Waals surface area (Å²) in [5.74, 6) is -1.37. The standard InChI is InChI=1S/C10H15N4O6P/c11-8(17)9-12-3-14(13-9)5-4-1-10(4,2-21(18,19)20)7(16)6(5)15/h3-7,15-16H,1-2H2,(H2,11,17)(H2,18,19,20)/t4-,5?,6+,7+,10+/m1/s1. The Balaban J connectivity index is 1.89. The van der Waals surface area contributed by atoms with Crippen molar-refractivity contribution in [1.82, 2.24) is 14.8 Å². The molecule has 0 radical (unpaired) electrons. The lowest BCUT2D eigenvalue weighted by atomic mass is 10.0. The largest absolute Gasteiger partial charge is 0.390 e. The summed E-state index contributed by atoms with van der Waals surface area (Å²) in [5.41, 5.74) is 4.04. The maximum atomic E-state index is 11.2. The van der Waals surface area contributed by atoms with Crippen LogP contribution in [0.1, 0.15) is 23.1 Å². The molecule has 5 atom stereocenters. The highest BCUT2D eigenvalue weighted by molar-refractivity contribution is 7.51. The zero-order valence-corrected chi connectivity index (χ0v) is 11.7. The van der Waals surface area contributed by atoms with Gasteiger partial charge in [0.05, 0.1) is 18.3 Å². The summed E-state index contributed by atoms with van der Waals surface area (Å²) in [7, 11) is -4.32. The van der Waals surface area contributed by atoms with Crippen molar-refractivity contribution in [2.24, 2.45) is 17.1 Å². The Kier molecular flexibility index (Phi) is 3.02. The van der Waals surface area contributed by atoms with E-state index in [1.807, 2.05) is 0 Å². The van der Waals surface area contributed by atoms with Gasteiger partial charge in [0.15, 0.2) is 0 Å². The van der Waals surface area contributed by atoms with Gasteiger partial charge in [0, 0.05) is 5.41 Å². The third-order valence-corrected chi connectivity index (χ3v) is 5.39. The van der Waals surface area contributed by atoms with Gasteiger partial charge in [-0.2, -0.15) is 0 Å². The van der Waals surface area contributed by atoms with Gasteiger partial charge in [-0.25, -0.2) is 9.67 Å². The van der Waals surface area contributed by atoms with E-state index in [9.17, 15) is 19.6 Å². The van der Waals surface area contributed by atoms with E-state index >= 15 is 0 Å². The molecule has 1 aromatic heterocycles. The SMILES string of the molecule is NC(=O)c1ncn(C2[C@H]3C[C@@]3(CP(=O)(O)O)[C@@H](O)[C@H]2O)n1. The molecule has 0 bridgehead atoms. The molecule has 2 aliphatic rings. The predicted molar refractivity (Wildman–Crippen MR) is 67.0 cm³/mol. The van der Waals surface area contributed by atoms with Crippen molar-refractivity contribution >= 4 is 13.5 Å². The van der Waals surface area contributed by atoms with E-state index in [1.165, 1.54) is 11.0 Å². The van der Waals surface area contributed by atoms with Gasteiger partial charge in [0.1, 0.15) is 12.4 Å². The van der Waals surface area contributed by atoms with Crippen molar-refractivity contribution in [3.63, 3.8) is 0 Å². The number of amides is 1. The number of aliphatic hydroxyl groups is 2. The van der Waals surface area contributed by atoms with E-state index in [-0.39, 0.29) is 11.7 Å². The van der Waals surface area contributed by atoms with E-state index in [1.54, 1.807) is 0 Å². The van der Waals surface area contributed by atoms with Crippen LogP contribution in [0.5, 0.6) is 0 Å². The molecule has 2 saturated carbocycles. The first-order valence-corrected chi connectivity index (χ1v) is 8.07. The van der Waals surface area contributed by atoms with Crippen LogP contribution >= 0.6 is 7.60 Å². The van der Waals surface area contributed by atoms with E-state index in [2.05, 4.69) is 10.1 Å². The van der Waals surface area contributed by atoms with Crippen LogP contribution < -0.4 is 5.73 Å². The zero-order chi connectivity index (χ0) is 15.6. The molecule has 1 unspecified atom stereocenters. The number of fused-ring (bicyclic) bond motifs is 1. The summed E-state index contributed by atoms with van der Waals surface area (Å²) in [6.45, 7) is 0. The van der Waals surface area contributed by atoms with Crippen LogP contribution in [0.3, 0.4) is 0 Å². The lowest BCUT2D eigenvalue weighted by Crippen LogP contribution is -2.35. The highest BCUT2D eigenvalue weighted by atomic mass is 31.2. The third kappa shape index (κ3) is 2.19. The topological polar surface area (TPSA) is 172 Å². The third-order valence-electron chi connectivity index (χ3n) is 4.39. The monoisotopic (exact) mass is 318 g/mol. The first-order chi connectivity index (χ1) is 9.66. The van der Waals surface area contributed by atoms with Gasteiger partial charge in [-0.15, -0.1) is 5.10 Å². The number of nitrogens with zero attached hydrogens (tertiary/aromatic N) is 3. The van der Waals surface area contributed by atoms with E-state index in [0.717, 1.165) is 0 Å². The summed E-state index contributed by atoms with van der Waals surface area (Å²) < 4.78 is 12.4. The minimum Gasteiger partial charge on any atom is -0.390 e. The molecular formula is C10H15N4O6P. The van der Waals surface area contributed by atoms with Crippen molar-refractivity contribution in [3.8, 4) is 0 Å². The average Bonchev–Trinajstić information content (AvgIpc) is 2.77. The number of hydrogen-bond donors (Lipinski definition) is 5. The van der Waals surface area contributed by atoms with Crippen LogP contribution in [0.2, 0.25) is 0 Å². The molecule has 0 saturated heterocycles. The molecule has 0 aromatic carbocycles. The predicted octanol–water partition coefficient (Wildman–Crippen LogP) is -2.16. The van der Waals surface area contributed by atoms with Gasteiger partial charge in [-0.05, 0) is 12.3 Å². The molecule has 1 heterocycles. The Bertz CT molecular complexity index is 643. The van der Waals surface area contributed by atoms with E-state index in [4.69, 9.17) is 15.5 Å². The average molecular weight is 318 g/mol. The molecule has 21 heavy (non-hydrogen) atoms. The highest BCUT2D eigenvalue weighted by Crippen LogP contribution is 2.71. The number of rotatable bonds is 4. The summed E-state index contributed by atoms with van der Waals surface area (Å²) in [6, 6.07) is -0.688. The number of primary amides is 1. The summed E-state index contributed by atoms with van der Waals surface area (Å²) >= 11 is 0. The molecule has 0 spiro atoms. The Morgan fingerprint density at radius 3 is 2.71 bits per heavy atom. The fourth-order valence-corrected chi connectivity index (χ4v) is 4.76. The molecular weight excluding hydrogens is 303 g/mol. The van der Waals surface area contributed by atoms with Crippen LogP contribution in [0.15, 0.2) is 6.33 Å². The molecule has 3 rings (SSSR count). The van der Waals surface area contributed by atoms with Gasteiger partial charge < -0.3 is 25.7 Å². The number of hydrogen-bond acceptors (Lipinski definition) is 6. The highest BCUT2D eigenvalue weighted by Gasteiger charge is 2.73. The number of carbonyl (C=O) groups is 1. The van der Waals surface area contributed by atoms with Crippen LogP contribution in [0, 0.1) is 11.3 Å². The Hall–Kier alpha value is -1.32. The minimum atomic E-state index is -4.32. The molecule has 116 valence electrons. The fourth-order valence-electron chi connectivity index (χ4n) is 3.45. The quantitative estimate of drug-likeness (QED) is 0.390. The second-order valence-electron chi connectivity index (χ2n) is 5.71. The maximum absolute atomic E-state index is 11.2. The lowest BCUT2D eigenvalue weighted by Gasteiger charge is -2.23. The Morgan fingerprint density at radius 1 is 1.52 bits per heavy atom. The number of carbonyl (C=O) groups excluding carboxylic acids is 1. The summed E-state index contributed by atoms with van der Waals surface area (Å²) in [4.78, 5) is 32.9. The molecule has 10 nitrogen and oxygen atoms in total. The van der Waals surface area contributed by atoms with Crippen LogP contribution in [0.4, 0.5) is 0 Å². The molecule has 0 aliphatic heterocycles. The second kappa shape index (κ2) is 4.34. The summed E-state index contributed by atoms with van der Waals surface area (Å²) in [5, 5.41) is 24.1. The van der Waals surface area contributed by atoms with Crippen molar-refractivity contribution in [2.45, 2.75) is 24.7 Å². The molecule has 2 aliphatic carbocycles. The van der Waals surface area contributed by atoms with Crippen molar-refractivity contribution in [1.29, 1.82) is 0 Å². The normalized spacial score (nSPS) is 38.3. The molecule has 1 aromatic rings. The van der Waals surface area contributed by atoms with E-state index < -0.39 is 43.3 Å². The molecule has 11 heteroatoms.